The molecule has 0 atom stereocenters. The maximum Gasteiger partial charge on any atom is 0.263 e. The van der Waals surface area contributed by atoms with Crippen molar-refractivity contribution >= 4 is 40.3 Å². The lowest BCUT2D eigenvalue weighted by atomic mass is 10.2. The molecule has 0 unspecified atom stereocenters. The van der Waals surface area contributed by atoms with Gasteiger partial charge in [0.15, 0.2) is 11.5 Å². The first-order valence-electron chi connectivity index (χ1n) is 6.78. The predicted octanol–water partition coefficient (Wildman–Crippen LogP) is 3.36. The number of hydrogen-bond acceptors (Lipinski definition) is 5. The van der Waals surface area contributed by atoms with Crippen molar-refractivity contribution in [3.05, 3.63) is 28.7 Å². The molecule has 6 heteroatoms. The molecule has 0 aromatic heterocycles. The number of amides is 1. The normalized spacial score (nSPS) is 16.2. The van der Waals surface area contributed by atoms with Crippen molar-refractivity contribution in [2.24, 2.45) is 0 Å². The molecule has 1 aliphatic heterocycles. The molecule has 1 aromatic rings. The molecule has 2 rings (SSSR count). The molecule has 0 spiro atoms. The molecule has 0 aliphatic carbocycles. The molecular weight excluding hydrogens is 306 g/mol. The van der Waals surface area contributed by atoms with Gasteiger partial charge in [-0.3, -0.25) is 4.79 Å². The Balaban J connectivity index is 2.26. The zero-order valence-electron chi connectivity index (χ0n) is 12.0. The number of carbonyl (C=O) groups is 1. The zero-order valence-corrected chi connectivity index (χ0v) is 13.6. The fourth-order valence-electron chi connectivity index (χ4n) is 1.79. The molecule has 1 saturated heterocycles. The third-order valence-electron chi connectivity index (χ3n) is 2.67. The topological polar surface area (TPSA) is 47.6 Å². The first kappa shape index (κ1) is 15.9. The fraction of sp³-hybridized carbons (Fsp3) is 0.333. The van der Waals surface area contributed by atoms with Gasteiger partial charge in [0.05, 0.1) is 18.1 Å². The number of rotatable bonds is 6. The largest absolute Gasteiger partial charge is 0.490 e. The van der Waals surface area contributed by atoms with Gasteiger partial charge in [0.1, 0.15) is 4.32 Å². The van der Waals surface area contributed by atoms with Crippen LogP contribution in [0, 0.1) is 0 Å². The second-order valence-corrected chi connectivity index (χ2v) is 6.06. The Labute approximate surface area is 133 Å². The Bertz CT molecular complexity index is 584. The van der Waals surface area contributed by atoms with E-state index in [0.29, 0.717) is 33.9 Å². The van der Waals surface area contributed by atoms with Gasteiger partial charge in [-0.25, -0.2) is 0 Å². The summed E-state index contributed by atoms with van der Waals surface area (Å²) in [6.45, 7) is 5.18. The highest BCUT2D eigenvalue weighted by atomic mass is 32.2. The lowest BCUT2D eigenvalue weighted by molar-refractivity contribution is -0.115. The van der Waals surface area contributed by atoms with Crippen molar-refractivity contribution in [1.29, 1.82) is 0 Å². The van der Waals surface area contributed by atoms with Gasteiger partial charge in [0.25, 0.3) is 5.91 Å². The number of ether oxygens (including phenoxy) is 2. The van der Waals surface area contributed by atoms with E-state index in [2.05, 4.69) is 5.32 Å². The standard InChI is InChI=1S/C15H17NO3S2/c1-3-7-19-12-8-10(5-6-11(12)18-4-2)9-13-14(17)16-15(20)21-13/h5-6,8-9H,3-4,7H2,1-2H3,(H,16,17,20). The van der Waals surface area contributed by atoms with Gasteiger partial charge in [-0.15, -0.1) is 0 Å². The van der Waals surface area contributed by atoms with Crippen LogP contribution in [0.5, 0.6) is 11.5 Å². The van der Waals surface area contributed by atoms with E-state index in [1.54, 1.807) is 6.08 Å². The monoisotopic (exact) mass is 323 g/mol. The Morgan fingerprint density at radius 1 is 1.29 bits per heavy atom. The number of carbonyl (C=O) groups excluding carboxylic acids is 1. The second kappa shape index (κ2) is 7.47. The highest BCUT2D eigenvalue weighted by molar-refractivity contribution is 8.26. The van der Waals surface area contributed by atoms with E-state index < -0.39 is 0 Å². The number of thiocarbonyl (C=S) groups is 1. The molecular formula is C15H17NO3S2. The summed E-state index contributed by atoms with van der Waals surface area (Å²) in [5.74, 6) is 1.25. The van der Waals surface area contributed by atoms with Gasteiger partial charge in [0, 0.05) is 0 Å². The van der Waals surface area contributed by atoms with Crippen LogP contribution in [-0.4, -0.2) is 23.4 Å². The summed E-state index contributed by atoms with van der Waals surface area (Å²) in [5, 5.41) is 2.60. The van der Waals surface area contributed by atoms with Crippen LogP contribution < -0.4 is 14.8 Å². The van der Waals surface area contributed by atoms with E-state index in [4.69, 9.17) is 21.7 Å². The van der Waals surface area contributed by atoms with Crippen LogP contribution in [-0.2, 0) is 4.79 Å². The quantitative estimate of drug-likeness (QED) is 0.642. The molecule has 4 nitrogen and oxygen atoms in total. The van der Waals surface area contributed by atoms with Crippen molar-refractivity contribution in [3.8, 4) is 11.5 Å². The average Bonchev–Trinajstić information content (AvgIpc) is 2.77. The Morgan fingerprint density at radius 2 is 2.10 bits per heavy atom. The summed E-state index contributed by atoms with van der Waals surface area (Å²) in [6.07, 6.45) is 2.72. The summed E-state index contributed by atoms with van der Waals surface area (Å²) in [6, 6.07) is 5.63. The van der Waals surface area contributed by atoms with Crippen molar-refractivity contribution in [1.82, 2.24) is 5.32 Å². The highest BCUT2D eigenvalue weighted by Crippen LogP contribution is 2.31. The minimum Gasteiger partial charge on any atom is -0.490 e. The number of thioether (sulfide) groups is 1. The van der Waals surface area contributed by atoms with Gasteiger partial charge in [0.2, 0.25) is 0 Å². The molecule has 1 N–H and O–H groups in total. The van der Waals surface area contributed by atoms with Crippen LogP contribution in [0.4, 0.5) is 0 Å². The average molecular weight is 323 g/mol. The van der Waals surface area contributed by atoms with Crippen LogP contribution in [0.2, 0.25) is 0 Å². The summed E-state index contributed by atoms with van der Waals surface area (Å²) < 4.78 is 11.7. The Kier molecular flexibility index (Phi) is 5.64. The molecule has 1 heterocycles. The van der Waals surface area contributed by atoms with Crippen molar-refractivity contribution < 1.29 is 14.3 Å². The fourth-order valence-corrected chi connectivity index (χ4v) is 2.83. The van der Waals surface area contributed by atoms with E-state index >= 15 is 0 Å². The van der Waals surface area contributed by atoms with Crippen LogP contribution >= 0.6 is 24.0 Å². The molecule has 1 amide bonds. The Morgan fingerprint density at radius 3 is 2.71 bits per heavy atom. The van der Waals surface area contributed by atoms with E-state index in [0.717, 1.165) is 12.0 Å². The van der Waals surface area contributed by atoms with Crippen LogP contribution in [0.3, 0.4) is 0 Å². The smallest absolute Gasteiger partial charge is 0.263 e. The molecule has 21 heavy (non-hydrogen) atoms. The number of benzene rings is 1. The van der Waals surface area contributed by atoms with E-state index in [9.17, 15) is 4.79 Å². The minimum absolute atomic E-state index is 0.157. The maximum absolute atomic E-state index is 11.7. The van der Waals surface area contributed by atoms with E-state index in [-0.39, 0.29) is 5.91 Å². The van der Waals surface area contributed by atoms with Crippen LogP contribution in [0.1, 0.15) is 25.8 Å². The molecule has 1 aromatic carbocycles. The van der Waals surface area contributed by atoms with Gasteiger partial charge in [-0.1, -0.05) is 37.0 Å². The lowest BCUT2D eigenvalue weighted by Gasteiger charge is -2.12. The summed E-state index contributed by atoms with van der Waals surface area (Å²) >= 11 is 6.24. The van der Waals surface area contributed by atoms with Gasteiger partial charge < -0.3 is 14.8 Å². The summed E-state index contributed by atoms with van der Waals surface area (Å²) in [4.78, 5) is 12.3. The van der Waals surface area contributed by atoms with Crippen molar-refractivity contribution in [2.45, 2.75) is 20.3 Å². The SMILES string of the molecule is CCCOc1cc(C=C2SC(=S)NC2=O)ccc1OCC. The molecule has 112 valence electrons. The lowest BCUT2D eigenvalue weighted by Crippen LogP contribution is -2.17. The summed E-state index contributed by atoms with van der Waals surface area (Å²) in [5.41, 5.74) is 0.881. The molecule has 0 radical (unpaired) electrons. The number of nitrogens with one attached hydrogen (secondary N) is 1. The minimum atomic E-state index is -0.157. The first-order chi connectivity index (χ1) is 10.1. The van der Waals surface area contributed by atoms with Crippen LogP contribution in [0.25, 0.3) is 6.08 Å². The van der Waals surface area contributed by atoms with Gasteiger partial charge in [-0.2, -0.15) is 0 Å². The summed E-state index contributed by atoms with van der Waals surface area (Å²) in [7, 11) is 0. The van der Waals surface area contributed by atoms with Gasteiger partial charge >= 0.3 is 0 Å². The second-order valence-electron chi connectivity index (χ2n) is 4.34. The van der Waals surface area contributed by atoms with Gasteiger partial charge in [-0.05, 0) is 37.1 Å². The third-order valence-corrected chi connectivity index (χ3v) is 3.83. The van der Waals surface area contributed by atoms with E-state index in [1.165, 1.54) is 11.8 Å². The highest BCUT2D eigenvalue weighted by Gasteiger charge is 2.22. The van der Waals surface area contributed by atoms with E-state index in [1.807, 2.05) is 32.0 Å². The zero-order chi connectivity index (χ0) is 15.2. The Hall–Kier alpha value is -1.53. The first-order valence-corrected chi connectivity index (χ1v) is 8.01. The molecule has 1 aliphatic rings. The van der Waals surface area contributed by atoms with Crippen molar-refractivity contribution in [2.75, 3.05) is 13.2 Å². The third kappa shape index (κ3) is 4.22. The molecule has 1 fully saturated rings. The van der Waals surface area contributed by atoms with Crippen molar-refractivity contribution in [3.63, 3.8) is 0 Å². The predicted molar refractivity (Wildman–Crippen MR) is 89.7 cm³/mol. The maximum atomic E-state index is 11.7. The number of hydrogen-bond donors (Lipinski definition) is 1. The van der Waals surface area contributed by atoms with Crippen LogP contribution in [0.15, 0.2) is 23.1 Å². The molecule has 0 saturated carbocycles. The molecule has 0 bridgehead atoms.